The van der Waals surface area contributed by atoms with Gasteiger partial charge in [-0.1, -0.05) is 23.9 Å². The Morgan fingerprint density at radius 1 is 1.25 bits per heavy atom. The van der Waals surface area contributed by atoms with Crippen LogP contribution in [-0.2, 0) is 6.54 Å². The fraction of sp³-hybridized carbons (Fsp3) is 0.267. The molecule has 0 aliphatic carbocycles. The first-order chi connectivity index (χ1) is 11.6. The molecule has 1 aromatic carbocycles. The molecule has 0 N–H and O–H groups in total. The molecule has 0 amide bonds. The number of thioether (sulfide) groups is 1. The number of benzene rings is 1. The summed E-state index contributed by atoms with van der Waals surface area (Å²) in [7, 11) is 1.92. The maximum Gasteiger partial charge on any atom is 0.387 e. The third-order valence-corrected chi connectivity index (χ3v) is 5.28. The third kappa shape index (κ3) is 3.73. The van der Waals surface area contributed by atoms with E-state index >= 15 is 0 Å². The quantitative estimate of drug-likeness (QED) is 0.612. The number of rotatable bonds is 6. The monoisotopic (exact) mass is 368 g/mol. The van der Waals surface area contributed by atoms with Crippen molar-refractivity contribution in [3.05, 3.63) is 36.2 Å². The van der Waals surface area contributed by atoms with Gasteiger partial charge in [-0.15, -0.1) is 11.3 Å². The van der Waals surface area contributed by atoms with E-state index in [2.05, 4.69) is 19.7 Å². The molecule has 2 heterocycles. The number of thiazole rings is 1. The second-order valence-electron chi connectivity index (χ2n) is 4.91. The summed E-state index contributed by atoms with van der Waals surface area (Å²) >= 11 is 3.13. The minimum absolute atomic E-state index is 0.146. The number of fused-ring (bicyclic) bond motifs is 1. The first kappa shape index (κ1) is 16.8. The lowest BCUT2D eigenvalue weighted by Crippen LogP contribution is -2.17. The summed E-state index contributed by atoms with van der Waals surface area (Å²) in [5.74, 6) is 0.943. The molecule has 0 spiro atoms. The Labute approximate surface area is 145 Å². The largest absolute Gasteiger partial charge is 0.435 e. The fourth-order valence-electron chi connectivity index (χ4n) is 2.21. The molecule has 126 valence electrons. The number of anilines is 1. The highest BCUT2D eigenvalue weighted by Crippen LogP contribution is 2.32. The van der Waals surface area contributed by atoms with Crippen LogP contribution in [0.15, 0.2) is 34.9 Å². The molecule has 3 rings (SSSR count). The Morgan fingerprint density at radius 2 is 2.00 bits per heavy atom. The van der Waals surface area contributed by atoms with Gasteiger partial charge in [0.1, 0.15) is 16.8 Å². The van der Waals surface area contributed by atoms with Crippen molar-refractivity contribution in [2.45, 2.75) is 17.5 Å². The van der Waals surface area contributed by atoms with Crippen LogP contribution in [0.3, 0.4) is 0 Å². The molecule has 0 fully saturated rings. The summed E-state index contributed by atoms with van der Waals surface area (Å²) in [5.41, 5.74) is 1.64. The van der Waals surface area contributed by atoms with Crippen LogP contribution in [0.2, 0.25) is 0 Å². The number of halogens is 2. The zero-order chi connectivity index (χ0) is 17.1. The lowest BCUT2D eigenvalue weighted by Gasteiger charge is -2.18. The fourth-order valence-corrected chi connectivity index (χ4v) is 3.76. The van der Waals surface area contributed by atoms with E-state index in [1.807, 2.05) is 18.2 Å². The van der Waals surface area contributed by atoms with Gasteiger partial charge in [0.15, 0.2) is 15.8 Å². The third-order valence-electron chi connectivity index (χ3n) is 3.26. The lowest BCUT2D eigenvalue weighted by molar-refractivity contribution is -0.0498. The van der Waals surface area contributed by atoms with Gasteiger partial charge in [0.25, 0.3) is 0 Å². The Bertz CT molecular complexity index is 826. The van der Waals surface area contributed by atoms with Crippen molar-refractivity contribution in [2.75, 3.05) is 18.2 Å². The van der Waals surface area contributed by atoms with E-state index in [0.717, 1.165) is 20.4 Å². The SMILES string of the molecule is CSc1nc2ncnc(N(C)Cc3ccc(OC(F)F)cc3)c2s1. The molecular formula is C15H14F2N4OS2. The molecule has 0 aliphatic rings. The number of ether oxygens (including phenoxy) is 1. The number of hydrogen-bond donors (Lipinski definition) is 0. The van der Waals surface area contributed by atoms with E-state index < -0.39 is 6.61 Å². The van der Waals surface area contributed by atoms with E-state index in [4.69, 9.17) is 0 Å². The highest BCUT2D eigenvalue weighted by Gasteiger charge is 2.14. The first-order valence-electron chi connectivity index (χ1n) is 6.97. The molecule has 0 radical (unpaired) electrons. The molecule has 2 aromatic heterocycles. The van der Waals surface area contributed by atoms with Crippen LogP contribution in [0.25, 0.3) is 10.3 Å². The Kier molecular flexibility index (Phi) is 5.10. The highest BCUT2D eigenvalue weighted by atomic mass is 32.2. The standard InChI is InChI=1S/C15H14F2N4OS2/c1-21(7-9-3-5-10(6-4-9)22-14(16)17)13-11-12(18-8-19-13)20-15(23-2)24-11/h3-6,8,14H,7H2,1-2H3. The molecular weight excluding hydrogens is 354 g/mol. The summed E-state index contributed by atoms with van der Waals surface area (Å²) in [6.07, 6.45) is 3.47. The molecule has 0 atom stereocenters. The number of hydrogen-bond acceptors (Lipinski definition) is 7. The van der Waals surface area contributed by atoms with Crippen LogP contribution in [0.5, 0.6) is 5.75 Å². The van der Waals surface area contributed by atoms with Crippen molar-refractivity contribution >= 4 is 39.3 Å². The van der Waals surface area contributed by atoms with Crippen molar-refractivity contribution in [3.63, 3.8) is 0 Å². The van der Waals surface area contributed by atoms with Crippen LogP contribution in [-0.4, -0.2) is 34.9 Å². The van der Waals surface area contributed by atoms with Crippen LogP contribution < -0.4 is 9.64 Å². The van der Waals surface area contributed by atoms with Gasteiger partial charge in [-0.2, -0.15) is 8.78 Å². The summed E-state index contributed by atoms with van der Waals surface area (Å²) in [6.45, 7) is -2.24. The second kappa shape index (κ2) is 7.27. The predicted octanol–water partition coefficient (Wildman–Crippen LogP) is 4.05. The topological polar surface area (TPSA) is 51.1 Å². The average Bonchev–Trinajstić information content (AvgIpc) is 2.99. The minimum atomic E-state index is -2.82. The molecule has 3 aromatic rings. The van der Waals surface area contributed by atoms with E-state index in [1.165, 1.54) is 18.5 Å². The summed E-state index contributed by atoms with van der Waals surface area (Å²) in [5, 5.41) is 0. The molecule has 0 bridgehead atoms. The van der Waals surface area contributed by atoms with Gasteiger partial charge in [0.2, 0.25) is 0 Å². The van der Waals surface area contributed by atoms with E-state index in [-0.39, 0.29) is 5.75 Å². The summed E-state index contributed by atoms with van der Waals surface area (Å²) < 4.78 is 30.6. The van der Waals surface area contributed by atoms with Crippen molar-refractivity contribution in [3.8, 4) is 5.75 Å². The number of nitrogens with zero attached hydrogens (tertiary/aromatic N) is 4. The van der Waals surface area contributed by atoms with Crippen molar-refractivity contribution in [1.29, 1.82) is 0 Å². The summed E-state index contributed by atoms with van der Waals surface area (Å²) in [6, 6.07) is 6.58. The number of alkyl halides is 2. The zero-order valence-corrected chi connectivity index (χ0v) is 14.6. The van der Waals surface area contributed by atoms with Crippen LogP contribution >= 0.6 is 23.1 Å². The Hall–Kier alpha value is -2.00. The van der Waals surface area contributed by atoms with Gasteiger partial charge in [-0.3, -0.25) is 0 Å². The highest BCUT2D eigenvalue weighted by molar-refractivity contribution is 8.00. The minimum Gasteiger partial charge on any atom is -0.435 e. The van der Waals surface area contributed by atoms with Crippen molar-refractivity contribution < 1.29 is 13.5 Å². The Morgan fingerprint density at radius 3 is 2.67 bits per heavy atom. The predicted molar refractivity (Wildman–Crippen MR) is 92.2 cm³/mol. The lowest BCUT2D eigenvalue weighted by atomic mass is 10.2. The van der Waals surface area contributed by atoms with Gasteiger partial charge in [0.05, 0.1) is 0 Å². The maximum atomic E-state index is 12.2. The van der Waals surface area contributed by atoms with Crippen LogP contribution in [0, 0.1) is 0 Å². The summed E-state index contributed by atoms with van der Waals surface area (Å²) in [4.78, 5) is 15.0. The maximum absolute atomic E-state index is 12.2. The van der Waals surface area contributed by atoms with Crippen LogP contribution in [0.4, 0.5) is 14.6 Å². The Balaban J connectivity index is 1.79. The van der Waals surface area contributed by atoms with Gasteiger partial charge in [0, 0.05) is 13.6 Å². The molecule has 24 heavy (non-hydrogen) atoms. The van der Waals surface area contributed by atoms with Gasteiger partial charge in [-0.05, 0) is 24.0 Å². The van der Waals surface area contributed by atoms with Gasteiger partial charge < -0.3 is 9.64 Å². The zero-order valence-electron chi connectivity index (χ0n) is 12.9. The molecule has 9 heteroatoms. The molecule has 5 nitrogen and oxygen atoms in total. The normalized spacial score (nSPS) is 11.2. The number of aromatic nitrogens is 3. The smallest absolute Gasteiger partial charge is 0.387 e. The van der Waals surface area contributed by atoms with Crippen molar-refractivity contribution in [2.24, 2.45) is 0 Å². The van der Waals surface area contributed by atoms with Crippen LogP contribution in [0.1, 0.15) is 5.56 Å². The second-order valence-corrected chi connectivity index (χ2v) is 6.96. The van der Waals surface area contributed by atoms with Gasteiger partial charge >= 0.3 is 6.61 Å². The average molecular weight is 368 g/mol. The molecule has 0 saturated heterocycles. The van der Waals surface area contributed by atoms with E-state index in [1.54, 1.807) is 35.2 Å². The first-order valence-corrected chi connectivity index (χ1v) is 9.01. The van der Waals surface area contributed by atoms with Crippen molar-refractivity contribution in [1.82, 2.24) is 15.0 Å². The van der Waals surface area contributed by atoms with E-state index in [9.17, 15) is 8.78 Å². The molecule has 0 unspecified atom stereocenters. The molecule has 0 saturated carbocycles. The van der Waals surface area contributed by atoms with E-state index in [0.29, 0.717) is 12.2 Å². The van der Waals surface area contributed by atoms with Gasteiger partial charge in [-0.25, -0.2) is 15.0 Å². The molecule has 0 aliphatic heterocycles.